The molecule has 210 valence electrons. The van der Waals surface area contributed by atoms with Gasteiger partial charge in [0.2, 0.25) is 0 Å². The lowest BCUT2D eigenvalue weighted by atomic mass is 9.93. The van der Waals surface area contributed by atoms with Gasteiger partial charge >= 0.3 is 6.18 Å². The number of aromatic nitrogens is 1. The summed E-state index contributed by atoms with van der Waals surface area (Å²) in [7, 11) is 0. The van der Waals surface area contributed by atoms with Crippen LogP contribution in [-0.4, -0.2) is 48.0 Å². The Kier molecular flexibility index (Phi) is 7.26. The van der Waals surface area contributed by atoms with Crippen molar-refractivity contribution in [2.75, 3.05) is 36.4 Å². The van der Waals surface area contributed by atoms with Gasteiger partial charge < -0.3 is 10.2 Å². The molecule has 0 bridgehead atoms. The van der Waals surface area contributed by atoms with Gasteiger partial charge in [-0.1, -0.05) is 36.4 Å². The molecule has 2 aliphatic rings. The number of benzene rings is 3. The fourth-order valence-corrected chi connectivity index (χ4v) is 6.05. The molecule has 1 atom stereocenters. The molecule has 41 heavy (non-hydrogen) atoms. The first-order chi connectivity index (χ1) is 19.8. The van der Waals surface area contributed by atoms with Crippen LogP contribution < -0.4 is 10.2 Å². The maximum absolute atomic E-state index is 13.4. The zero-order valence-corrected chi connectivity index (χ0v) is 22.8. The second-order valence-electron chi connectivity index (χ2n) is 10.8. The van der Waals surface area contributed by atoms with E-state index < -0.39 is 11.7 Å². The summed E-state index contributed by atoms with van der Waals surface area (Å²) in [5.74, 6) is 0.737. The summed E-state index contributed by atoms with van der Waals surface area (Å²) in [4.78, 5) is 22.8. The smallest absolute Gasteiger partial charge is 0.354 e. The van der Waals surface area contributed by atoms with Crippen LogP contribution in [0, 0.1) is 6.92 Å². The maximum Gasteiger partial charge on any atom is 0.416 e. The van der Waals surface area contributed by atoms with Gasteiger partial charge in [-0.05, 0) is 90.0 Å². The number of nitrogens with zero attached hydrogens (tertiary/aromatic N) is 3. The van der Waals surface area contributed by atoms with Crippen molar-refractivity contribution in [2.45, 2.75) is 32.0 Å². The third kappa shape index (κ3) is 5.70. The van der Waals surface area contributed by atoms with Crippen molar-refractivity contribution in [3.05, 3.63) is 113 Å². The van der Waals surface area contributed by atoms with Gasteiger partial charge in [-0.25, -0.2) is 4.98 Å². The summed E-state index contributed by atoms with van der Waals surface area (Å²) in [6, 6.07) is 22.9. The zero-order valence-electron chi connectivity index (χ0n) is 22.8. The van der Waals surface area contributed by atoms with E-state index in [4.69, 9.17) is 0 Å². The molecule has 0 saturated carbocycles. The number of fused-ring (bicyclic) bond motifs is 1. The molecule has 1 unspecified atom stereocenters. The topological polar surface area (TPSA) is 48.5 Å². The van der Waals surface area contributed by atoms with Crippen molar-refractivity contribution >= 4 is 17.4 Å². The predicted octanol–water partition coefficient (Wildman–Crippen LogP) is 6.62. The van der Waals surface area contributed by atoms with Crippen LogP contribution in [-0.2, 0) is 19.0 Å². The molecule has 1 aromatic heterocycles. The Bertz CT molecular complexity index is 1550. The second kappa shape index (κ2) is 11.0. The summed E-state index contributed by atoms with van der Waals surface area (Å²) in [6.45, 7) is 5.72. The van der Waals surface area contributed by atoms with E-state index in [9.17, 15) is 18.0 Å². The van der Waals surface area contributed by atoms with Crippen LogP contribution in [0.1, 0.15) is 32.6 Å². The molecule has 8 heteroatoms. The Hall–Kier alpha value is -4.17. The maximum atomic E-state index is 13.4. The number of piperazine rings is 1. The summed E-state index contributed by atoms with van der Waals surface area (Å²) in [6.07, 6.45) is -0.655. The van der Waals surface area contributed by atoms with Crippen LogP contribution in [0.5, 0.6) is 0 Å². The van der Waals surface area contributed by atoms with E-state index >= 15 is 0 Å². The molecule has 1 N–H and O–H groups in total. The third-order valence-electron chi connectivity index (χ3n) is 8.20. The van der Waals surface area contributed by atoms with Crippen LogP contribution in [0.3, 0.4) is 0 Å². The number of aryl methyl sites for hydroxylation is 1. The number of pyridine rings is 1. The molecular weight excluding hydrogens is 525 g/mol. The largest absolute Gasteiger partial charge is 0.416 e. The van der Waals surface area contributed by atoms with Crippen molar-refractivity contribution in [3.63, 3.8) is 0 Å². The van der Waals surface area contributed by atoms with Gasteiger partial charge in [-0.15, -0.1) is 0 Å². The molecule has 6 rings (SSSR count). The minimum Gasteiger partial charge on any atom is -0.354 e. The Balaban J connectivity index is 1.13. The van der Waals surface area contributed by atoms with Crippen molar-refractivity contribution < 1.29 is 18.0 Å². The number of alkyl halides is 3. The highest BCUT2D eigenvalue weighted by molar-refractivity contribution is 6.09. The van der Waals surface area contributed by atoms with Crippen LogP contribution in [0.4, 0.5) is 24.7 Å². The first-order valence-electron chi connectivity index (χ1n) is 13.9. The molecular formula is C33H31F3N4O. The number of rotatable bonds is 5. The average Bonchev–Trinajstić information content (AvgIpc) is 3.41. The summed E-state index contributed by atoms with van der Waals surface area (Å²) < 4.78 is 39.3. The van der Waals surface area contributed by atoms with Gasteiger partial charge in [0.15, 0.2) is 0 Å². The molecule has 2 heterocycles. The number of nitrogens with one attached hydrogen (secondary N) is 1. The van der Waals surface area contributed by atoms with Crippen LogP contribution in [0.2, 0.25) is 0 Å². The van der Waals surface area contributed by atoms with Gasteiger partial charge in [0.25, 0.3) is 5.91 Å². The number of hydrogen-bond acceptors (Lipinski definition) is 4. The van der Waals surface area contributed by atoms with Gasteiger partial charge in [-0.2, -0.15) is 13.2 Å². The highest BCUT2D eigenvalue weighted by Gasteiger charge is 2.31. The number of carbonyl (C=O) groups is 1. The van der Waals surface area contributed by atoms with Crippen LogP contribution in [0.15, 0.2) is 85.1 Å². The van der Waals surface area contributed by atoms with Gasteiger partial charge in [0.05, 0.1) is 5.56 Å². The van der Waals surface area contributed by atoms with Crippen molar-refractivity contribution in [1.82, 2.24) is 9.88 Å². The van der Waals surface area contributed by atoms with E-state index in [0.717, 1.165) is 62.5 Å². The van der Waals surface area contributed by atoms with Gasteiger partial charge in [-0.3, -0.25) is 9.69 Å². The van der Waals surface area contributed by atoms with E-state index in [-0.39, 0.29) is 5.91 Å². The SMILES string of the molecule is Cc1cccc(C(=O)Nc2ccc3c(c2)CC(N2CCN(c4ccccn4)CC2)C3)c1-c1ccc(C(F)(F)F)cc1. The number of carbonyl (C=O) groups excluding carboxylic acids is 1. The summed E-state index contributed by atoms with van der Waals surface area (Å²) >= 11 is 0. The molecule has 0 spiro atoms. The van der Waals surface area contributed by atoms with E-state index in [2.05, 4.69) is 38.3 Å². The molecule has 1 aliphatic heterocycles. The van der Waals surface area contributed by atoms with E-state index in [0.29, 0.717) is 28.4 Å². The molecule has 5 nitrogen and oxygen atoms in total. The number of amides is 1. The van der Waals surface area contributed by atoms with Gasteiger partial charge in [0, 0.05) is 49.7 Å². The standard InChI is InChI=1S/C33H31F3N4O/c1-22-5-4-6-29(31(22)23-8-11-26(12-9-23)33(34,35)36)32(41)38-27-13-10-24-20-28(21-25(24)19-27)39-15-17-40(18-16-39)30-7-2-3-14-37-30/h2-14,19,28H,15-18,20-21H2,1H3,(H,38,41). The van der Waals surface area contributed by atoms with Crippen LogP contribution in [0.25, 0.3) is 11.1 Å². The number of hydrogen-bond donors (Lipinski definition) is 1. The molecule has 0 radical (unpaired) electrons. The average molecular weight is 557 g/mol. The molecule has 1 amide bonds. The minimum absolute atomic E-state index is 0.288. The van der Waals surface area contributed by atoms with Crippen molar-refractivity contribution in [2.24, 2.45) is 0 Å². The Morgan fingerprint density at radius 1 is 0.878 bits per heavy atom. The lowest BCUT2D eigenvalue weighted by Crippen LogP contribution is -2.50. The zero-order chi connectivity index (χ0) is 28.6. The second-order valence-corrected chi connectivity index (χ2v) is 10.8. The van der Waals surface area contributed by atoms with Gasteiger partial charge in [0.1, 0.15) is 5.82 Å². The highest BCUT2D eigenvalue weighted by Crippen LogP contribution is 2.34. The fraction of sp³-hybridized carbons (Fsp3) is 0.273. The third-order valence-corrected chi connectivity index (χ3v) is 8.20. The molecule has 1 fully saturated rings. The minimum atomic E-state index is -4.41. The first-order valence-corrected chi connectivity index (χ1v) is 13.9. The first kappa shape index (κ1) is 27.0. The lowest BCUT2D eigenvalue weighted by molar-refractivity contribution is -0.137. The van der Waals surface area contributed by atoms with E-state index in [1.165, 1.54) is 23.3 Å². The quantitative estimate of drug-likeness (QED) is 0.300. The Morgan fingerprint density at radius 3 is 2.34 bits per heavy atom. The van der Waals surface area contributed by atoms with E-state index in [1.807, 2.05) is 37.4 Å². The molecule has 4 aromatic rings. The monoisotopic (exact) mass is 556 g/mol. The number of halogens is 3. The normalized spacial score (nSPS) is 17.4. The fourth-order valence-electron chi connectivity index (χ4n) is 6.05. The summed E-state index contributed by atoms with van der Waals surface area (Å²) in [5.41, 5.74) is 4.99. The Morgan fingerprint density at radius 2 is 1.63 bits per heavy atom. The number of anilines is 2. The lowest BCUT2D eigenvalue weighted by Gasteiger charge is -2.38. The molecule has 1 saturated heterocycles. The molecule has 3 aromatic carbocycles. The molecule has 1 aliphatic carbocycles. The van der Waals surface area contributed by atoms with Crippen molar-refractivity contribution in [3.8, 4) is 11.1 Å². The van der Waals surface area contributed by atoms with Crippen molar-refractivity contribution in [1.29, 1.82) is 0 Å². The summed E-state index contributed by atoms with van der Waals surface area (Å²) in [5, 5.41) is 3.03. The van der Waals surface area contributed by atoms with E-state index in [1.54, 1.807) is 12.1 Å². The predicted molar refractivity (Wildman–Crippen MR) is 155 cm³/mol. The Labute approximate surface area is 237 Å². The van der Waals surface area contributed by atoms with Crippen LogP contribution >= 0.6 is 0 Å². The highest BCUT2D eigenvalue weighted by atomic mass is 19.4.